The number of hydrogen-bond acceptors (Lipinski definition) is 3. The summed E-state index contributed by atoms with van der Waals surface area (Å²) >= 11 is 0. The Morgan fingerprint density at radius 1 is 1.24 bits per heavy atom. The van der Waals surface area contributed by atoms with E-state index in [-0.39, 0.29) is 5.91 Å². The van der Waals surface area contributed by atoms with Crippen LogP contribution in [-0.2, 0) is 4.79 Å². The quantitative estimate of drug-likeness (QED) is 0.905. The number of fused-ring (bicyclic) bond motifs is 1. The Morgan fingerprint density at radius 2 is 1.95 bits per heavy atom. The Balaban J connectivity index is 1.98. The van der Waals surface area contributed by atoms with Crippen LogP contribution in [0.5, 0.6) is 0 Å². The van der Waals surface area contributed by atoms with Crippen molar-refractivity contribution in [2.24, 2.45) is 0 Å². The van der Waals surface area contributed by atoms with Gasteiger partial charge in [-0.3, -0.25) is 9.78 Å². The van der Waals surface area contributed by atoms with Gasteiger partial charge in [-0.1, -0.05) is 11.6 Å². The summed E-state index contributed by atoms with van der Waals surface area (Å²) in [6.45, 7) is 3.73. The van der Waals surface area contributed by atoms with E-state index in [0.29, 0.717) is 24.1 Å². The molecule has 1 aliphatic rings. The molecule has 1 aliphatic carbocycles. The molecule has 5 nitrogen and oxygen atoms in total. The van der Waals surface area contributed by atoms with Crippen molar-refractivity contribution in [1.29, 1.82) is 0 Å². The number of aryl methyl sites for hydroxylation is 2. The fraction of sp³-hybridized carbons (Fsp3) is 0.312. The molecule has 1 aromatic carbocycles. The second kappa shape index (κ2) is 4.55. The van der Waals surface area contributed by atoms with Crippen LogP contribution in [0.3, 0.4) is 0 Å². The zero-order valence-corrected chi connectivity index (χ0v) is 11.9. The number of aromatic nitrogens is 1. The number of nitrogens with zero attached hydrogens (tertiary/aromatic N) is 1. The maximum atomic E-state index is 12.3. The molecule has 0 unspecified atom stereocenters. The first-order chi connectivity index (χ1) is 9.91. The molecular weight excluding hydrogens is 268 g/mol. The van der Waals surface area contributed by atoms with Crippen LogP contribution in [0.4, 0.5) is 0 Å². The van der Waals surface area contributed by atoms with Gasteiger partial charge in [0.05, 0.1) is 16.8 Å². The third kappa shape index (κ3) is 2.35. The number of carbonyl (C=O) groups is 2. The van der Waals surface area contributed by atoms with Crippen molar-refractivity contribution in [3.05, 3.63) is 41.1 Å². The number of hydrogen-bond donors (Lipinski definition) is 2. The minimum Gasteiger partial charge on any atom is -0.480 e. The second-order valence-corrected chi connectivity index (χ2v) is 5.66. The molecule has 0 bridgehead atoms. The zero-order chi connectivity index (χ0) is 15.2. The van der Waals surface area contributed by atoms with E-state index in [9.17, 15) is 9.59 Å². The topological polar surface area (TPSA) is 79.3 Å². The van der Waals surface area contributed by atoms with Crippen LogP contribution in [0.15, 0.2) is 24.3 Å². The summed E-state index contributed by atoms with van der Waals surface area (Å²) in [4.78, 5) is 27.9. The molecule has 1 aromatic heterocycles. The Morgan fingerprint density at radius 3 is 2.57 bits per heavy atom. The number of pyridine rings is 1. The molecule has 1 heterocycles. The summed E-state index contributed by atoms with van der Waals surface area (Å²) < 4.78 is 0. The van der Waals surface area contributed by atoms with E-state index in [1.54, 1.807) is 13.0 Å². The van der Waals surface area contributed by atoms with Crippen molar-refractivity contribution in [3.8, 4) is 0 Å². The fourth-order valence-corrected chi connectivity index (χ4v) is 2.42. The molecule has 1 saturated carbocycles. The molecular formula is C16H16N2O3. The van der Waals surface area contributed by atoms with E-state index in [1.165, 1.54) is 0 Å². The van der Waals surface area contributed by atoms with E-state index in [0.717, 1.165) is 16.5 Å². The van der Waals surface area contributed by atoms with E-state index in [4.69, 9.17) is 5.11 Å². The van der Waals surface area contributed by atoms with E-state index < -0.39 is 11.5 Å². The highest BCUT2D eigenvalue weighted by Crippen LogP contribution is 2.36. The molecule has 0 saturated heterocycles. The standard InChI is InChI=1S/C16H16N2O3/c1-9-3-4-13-11(7-9)8-12(10(2)17-13)14(19)18-16(5-6-16)15(20)21/h3-4,7-8H,5-6H2,1-2H3,(H,18,19)(H,20,21). The van der Waals surface area contributed by atoms with Gasteiger partial charge in [0, 0.05) is 5.39 Å². The van der Waals surface area contributed by atoms with E-state index in [1.807, 2.05) is 25.1 Å². The number of benzene rings is 1. The lowest BCUT2D eigenvalue weighted by Gasteiger charge is -2.14. The number of carbonyl (C=O) groups excluding carboxylic acids is 1. The molecule has 108 valence electrons. The summed E-state index contributed by atoms with van der Waals surface area (Å²) in [6.07, 6.45) is 0.959. The number of carboxylic acid groups (broad SMARTS) is 1. The van der Waals surface area contributed by atoms with Crippen LogP contribution in [-0.4, -0.2) is 27.5 Å². The molecule has 5 heteroatoms. The first-order valence-electron chi connectivity index (χ1n) is 6.85. The number of aliphatic carboxylic acids is 1. The van der Waals surface area contributed by atoms with Gasteiger partial charge in [0.25, 0.3) is 5.91 Å². The molecule has 0 spiro atoms. The van der Waals surface area contributed by atoms with Crippen molar-refractivity contribution in [2.75, 3.05) is 0 Å². The van der Waals surface area contributed by atoms with Gasteiger partial charge in [-0.2, -0.15) is 0 Å². The number of carboxylic acids is 1. The highest BCUT2D eigenvalue weighted by Gasteiger charge is 2.51. The van der Waals surface area contributed by atoms with Crippen molar-refractivity contribution >= 4 is 22.8 Å². The summed E-state index contributed by atoms with van der Waals surface area (Å²) in [5, 5.41) is 12.7. The lowest BCUT2D eigenvalue weighted by atomic mass is 10.1. The predicted octanol–water partition coefficient (Wildman–Crippen LogP) is 2.20. The minimum absolute atomic E-state index is 0.372. The van der Waals surface area contributed by atoms with Crippen molar-refractivity contribution in [2.45, 2.75) is 32.2 Å². The first kappa shape index (κ1) is 13.5. The molecule has 0 aliphatic heterocycles. The Bertz CT molecular complexity index is 763. The Kier molecular flexibility index (Phi) is 2.93. The van der Waals surface area contributed by atoms with Gasteiger partial charge in [-0.25, -0.2) is 4.79 Å². The van der Waals surface area contributed by atoms with Crippen molar-refractivity contribution < 1.29 is 14.7 Å². The van der Waals surface area contributed by atoms with Gasteiger partial charge in [-0.05, 0) is 44.9 Å². The van der Waals surface area contributed by atoms with Gasteiger partial charge in [0.1, 0.15) is 5.54 Å². The highest BCUT2D eigenvalue weighted by molar-refractivity contribution is 6.01. The van der Waals surface area contributed by atoms with Crippen LogP contribution in [0, 0.1) is 13.8 Å². The summed E-state index contributed by atoms with van der Waals surface area (Å²) in [5.74, 6) is -1.35. The average Bonchev–Trinajstić information content (AvgIpc) is 3.19. The summed E-state index contributed by atoms with van der Waals surface area (Å²) in [7, 11) is 0. The normalized spacial score (nSPS) is 15.7. The molecule has 0 atom stereocenters. The second-order valence-electron chi connectivity index (χ2n) is 5.66. The van der Waals surface area contributed by atoms with Crippen molar-refractivity contribution in [3.63, 3.8) is 0 Å². The Hall–Kier alpha value is -2.43. The van der Waals surface area contributed by atoms with E-state index >= 15 is 0 Å². The SMILES string of the molecule is Cc1ccc2nc(C)c(C(=O)NC3(C(=O)O)CC3)cc2c1. The third-order valence-electron chi connectivity index (χ3n) is 3.92. The van der Waals surface area contributed by atoms with Crippen molar-refractivity contribution in [1.82, 2.24) is 10.3 Å². The van der Waals surface area contributed by atoms with Gasteiger partial charge in [-0.15, -0.1) is 0 Å². The lowest BCUT2D eigenvalue weighted by Crippen LogP contribution is -2.43. The first-order valence-corrected chi connectivity index (χ1v) is 6.85. The molecule has 2 aromatic rings. The largest absolute Gasteiger partial charge is 0.480 e. The molecule has 1 fully saturated rings. The maximum absolute atomic E-state index is 12.3. The fourth-order valence-electron chi connectivity index (χ4n) is 2.42. The van der Waals surface area contributed by atoms with Crippen LogP contribution < -0.4 is 5.32 Å². The third-order valence-corrected chi connectivity index (χ3v) is 3.92. The highest BCUT2D eigenvalue weighted by atomic mass is 16.4. The van der Waals surface area contributed by atoms with E-state index in [2.05, 4.69) is 10.3 Å². The van der Waals surface area contributed by atoms with Crippen LogP contribution >= 0.6 is 0 Å². The number of rotatable bonds is 3. The number of nitrogens with one attached hydrogen (secondary N) is 1. The molecule has 0 radical (unpaired) electrons. The molecule has 2 N–H and O–H groups in total. The smallest absolute Gasteiger partial charge is 0.329 e. The molecule has 3 rings (SSSR count). The number of amides is 1. The Labute approximate surface area is 122 Å². The van der Waals surface area contributed by atoms with Gasteiger partial charge < -0.3 is 10.4 Å². The maximum Gasteiger partial charge on any atom is 0.329 e. The molecule has 1 amide bonds. The zero-order valence-electron chi connectivity index (χ0n) is 11.9. The summed E-state index contributed by atoms with van der Waals surface area (Å²) in [6, 6.07) is 7.62. The minimum atomic E-state index is -1.08. The van der Waals surface area contributed by atoms with Crippen LogP contribution in [0.1, 0.15) is 34.5 Å². The van der Waals surface area contributed by atoms with Gasteiger partial charge >= 0.3 is 5.97 Å². The van der Waals surface area contributed by atoms with Gasteiger partial charge in [0.15, 0.2) is 0 Å². The predicted molar refractivity (Wildman–Crippen MR) is 78.3 cm³/mol. The average molecular weight is 284 g/mol. The summed E-state index contributed by atoms with van der Waals surface area (Å²) in [5.41, 5.74) is 1.87. The van der Waals surface area contributed by atoms with Crippen LogP contribution in [0.25, 0.3) is 10.9 Å². The van der Waals surface area contributed by atoms with Crippen LogP contribution in [0.2, 0.25) is 0 Å². The lowest BCUT2D eigenvalue weighted by molar-refractivity contribution is -0.140. The molecule has 21 heavy (non-hydrogen) atoms. The van der Waals surface area contributed by atoms with Gasteiger partial charge in [0.2, 0.25) is 0 Å². The monoisotopic (exact) mass is 284 g/mol.